The minimum absolute atomic E-state index is 0.0566. The molecule has 0 saturated carbocycles. The fraction of sp³-hybridized carbons (Fsp3) is 0.400. The smallest absolute Gasteiger partial charge is 0.246 e. The fourth-order valence-corrected chi connectivity index (χ4v) is 2.13. The maximum absolute atomic E-state index is 11.9. The zero-order valence-electron chi connectivity index (χ0n) is 11.0. The van der Waals surface area contributed by atoms with Crippen molar-refractivity contribution in [1.29, 1.82) is 0 Å². The number of likely N-dealkylation sites (tertiary alicyclic amines) is 1. The highest BCUT2D eigenvalue weighted by molar-refractivity contribution is 5.92. The van der Waals surface area contributed by atoms with E-state index in [9.17, 15) is 4.79 Å². The average Bonchev–Trinajstić information content (AvgIpc) is 2.77. The van der Waals surface area contributed by atoms with Crippen LogP contribution >= 0.6 is 0 Å². The summed E-state index contributed by atoms with van der Waals surface area (Å²) in [4.78, 5) is 13.7. The van der Waals surface area contributed by atoms with Crippen molar-refractivity contribution in [3.63, 3.8) is 0 Å². The van der Waals surface area contributed by atoms with Crippen molar-refractivity contribution in [2.24, 2.45) is 5.73 Å². The summed E-state index contributed by atoms with van der Waals surface area (Å²) in [6.07, 6.45) is 4.42. The fourth-order valence-electron chi connectivity index (χ4n) is 2.13. The first kappa shape index (κ1) is 12.8. The van der Waals surface area contributed by atoms with Gasteiger partial charge in [-0.3, -0.25) is 4.79 Å². The van der Waals surface area contributed by atoms with Crippen LogP contribution in [-0.2, 0) is 4.79 Å². The average molecular weight is 244 g/mol. The Bertz CT molecular complexity index is 479. The molecular weight excluding hydrogens is 224 g/mol. The van der Waals surface area contributed by atoms with E-state index in [0.717, 1.165) is 18.5 Å². The van der Waals surface area contributed by atoms with E-state index in [2.05, 4.69) is 26.0 Å². The molecule has 0 bridgehead atoms. The zero-order valence-corrected chi connectivity index (χ0v) is 11.0. The second-order valence-corrected chi connectivity index (χ2v) is 5.01. The van der Waals surface area contributed by atoms with E-state index >= 15 is 0 Å². The molecule has 96 valence electrons. The Kier molecular flexibility index (Phi) is 3.82. The van der Waals surface area contributed by atoms with Gasteiger partial charge >= 0.3 is 0 Å². The van der Waals surface area contributed by atoms with Crippen LogP contribution in [0.2, 0.25) is 0 Å². The number of nitrogens with two attached hydrogens (primary N) is 1. The van der Waals surface area contributed by atoms with E-state index in [0.29, 0.717) is 6.54 Å². The number of carbonyl (C=O) groups is 1. The standard InChI is InChI=1S/C15H20N2O/c1-11-3-4-13(9-12(11)2)5-6-15(18)17-8-7-14(16)10-17/h3-6,9,14H,7-8,10,16H2,1-2H3/b6-5+. The molecule has 1 aliphatic rings. The Morgan fingerprint density at radius 1 is 1.39 bits per heavy atom. The molecule has 1 atom stereocenters. The van der Waals surface area contributed by atoms with Crippen LogP contribution < -0.4 is 5.73 Å². The van der Waals surface area contributed by atoms with Gasteiger partial charge in [0.05, 0.1) is 0 Å². The van der Waals surface area contributed by atoms with Gasteiger partial charge in [0.2, 0.25) is 5.91 Å². The van der Waals surface area contributed by atoms with Crippen molar-refractivity contribution in [3.8, 4) is 0 Å². The molecule has 18 heavy (non-hydrogen) atoms. The largest absolute Gasteiger partial charge is 0.338 e. The van der Waals surface area contributed by atoms with E-state index < -0.39 is 0 Å². The number of hydrogen-bond acceptors (Lipinski definition) is 2. The second-order valence-electron chi connectivity index (χ2n) is 5.01. The van der Waals surface area contributed by atoms with Crippen LogP contribution in [0.15, 0.2) is 24.3 Å². The molecule has 0 radical (unpaired) electrons. The van der Waals surface area contributed by atoms with Crippen LogP contribution in [0.1, 0.15) is 23.1 Å². The van der Waals surface area contributed by atoms with Gasteiger partial charge in [-0.15, -0.1) is 0 Å². The summed E-state index contributed by atoms with van der Waals surface area (Å²) in [5.74, 6) is 0.0566. The molecule has 1 heterocycles. The Morgan fingerprint density at radius 2 is 2.17 bits per heavy atom. The van der Waals surface area contributed by atoms with Crippen LogP contribution in [-0.4, -0.2) is 29.9 Å². The summed E-state index contributed by atoms with van der Waals surface area (Å²) in [6, 6.07) is 6.34. The minimum Gasteiger partial charge on any atom is -0.338 e. The second kappa shape index (κ2) is 5.36. The van der Waals surface area contributed by atoms with Crippen molar-refractivity contribution in [3.05, 3.63) is 41.0 Å². The Hall–Kier alpha value is -1.61. The topological polar surface area (TPSA) is 46.3 Å². The number of hydrogen-bond donors (Lipinski definition) is 1. The molecule has 0 spiro atoms. The summed E-state index contributed by atoms with van der Waals surface area (Å²) in [5.41, 5.74) is 9.36. The molecule has 3 nitrogen and oxygen atoms in total. The Balaban J connectivity index is 2.02. The molecule has 3 heteroatoms. The zero-order chi connectivity index (χ0) is 13.1. The van der Waals surface area contributed by atoms with Crippen LogP contribution in [0.5, 0.6) is 0 Å². The third-order valence-electron chi connectivity index (χ3n) is 3.49. The van der Waals surface area contributed by atoms with Gasteiger partial charge in [-0.2, -0.15) is 0 Å². The molecule has 2 N–H and O–H groups in total. The van der Waals surface area contributed by atoms with Gasteiger partial charge in [0.15, 0.2) is 0 Å². The van der Waals surface area contributed by atoms with Crippen molar-refractivity contribution in [1.82, 2.24) is 4.90 Å². The SMILES string of the molecule is Cc1ccc(/C=C/C(=O)N2CCC(N)C2)cc1C. The van der Waals surface area contributed by atoms with E-state index in [-0.39, 0.29) is 11.9 Å². The molecule has 1 aliphatic heterocycles. The third kappa shape index (κ3) is 2.99. The number of nitrogens with zero attached hydrogens (tertiary/aromatic N) is 1. The summed E-state index contributed by atoms with van der Waals surface area (Å²) in [6.45, 7) is 5.61. The predicted octanol–water partition coefficient (Wildman–Crippen LogP) is 1.88. The molecule has 1 fully saturated rings. The van der Waals surface area contributed by atoms with Crippen LogP contribution in [0.4, 0.5) is 0 Å². The number of aryl methyl sites for hydroxylation is 2. The molecule has 2 rings (SSSR count). The minimum atomic E-state index is 0.0566. The lowest BCUT2D eigenvalue weighted by Crippen LogP contribution is -2.30. The van der Waals surface area contributed by atoms with Crippen LogP contribution in [0, 0.1) is 13.8 Å². The van der Waals surface area contributed by atoms with Crippen LogP contribution in [0.3, 0.4) is 0 Å². The van der Waals surface area contributed by atoms with Crippen molar-refractivity contribution >= 4 is 12.0 Å². The van der Waals surface area contributed by atoms with E-state index in [4.69, 9.17) is 5.73 Å². The lowest BCUT2D eigenvalue weighted by molar-refractivity contribution is -0.124. The summed E-state index contributed by atoms with van der Waals surface area (Å²) in [7, 11) is 0. The van der Waals surface area contributed by atoms with Gasteiger partial charge < -0.3 is 10.6 Å². The number of rotatable bonds is 2. The summed E-state index contributed by atoms with van der Waals surface area (Å²) >= 11 is 0. The van der Waals surface area contributed by atoms with Crippen molar-refractivity contribution in [2.75, 3.05) is 13.1 Å². The maximum Gasteiger partial charge on any atom is 0.246 e. The number of amides is 1. The van der Waals surface area contributed by atoms with E-state index in [1.54, 1.807) is 6.08 Å². The first-order chi connectivity index (χ1) is 8.56. The highest BCUT2D eigenvalue weighted by Gasteiger charge is 2.21. The van der Waals surface area contributed by atoms with E-state index in [1.807, 2.05) is 17.0 Å². The number of benzene rings is 1. The van der Waals surface area contributed by atoms with Crippen LogP contribution in [0.25, 0.3) is 6.08 Å². The van der Waals surface area contributed by atoms with Crippen molar-refractivity contribution < 1.29 is 4.79 Å². The lowest BCUT2D eigenvalue weighted by Gasteiger charge is -2.12. The van der Waals surface area contributed by atoms with Gasteiger partial charge in [0, 0.05) is 25.2 Å². The van der Waals surface area contributed by atoms with Gasteiger partial charge in [0.25, 0.3) is 0 Å². The molecule has 1 saturated heterocycles. The lowest BCUT2D eigenvalue weighted by atomic mass is 10.1. The first-order valence-electron chi connectivity index (χ1n) is 6.36. The maximum atomic E-state index is 11.9. The molecule has 1 unspecified atom stereocenters. The molecule has 1 aromatic rings. The summed E-state index contributed by atoms with van der Waals surface area (Å²) < 4.78 is 0. The monoisotopic (exact) mass is 244 g/mol. The van der Waals surface area contributed by atoms with Gasteiger partial charge in [-0.1, -0.05) is 18.2 Å². The highest BCUT2D eigenvalue weighted by atomic mass is 16.2. The summed E-state index contributed by atoms with van der Waals surface area (Å²) in [5, 5.41) is 0. The predicted molar refractivity (Wildman–Crippen MR) is 74.1 cm³/mol. The quantitative estimate of drug-likeness (QED) is 0.807. The van der Waals surface area contributed by atoms with Gasteiger partial charge in [-0.25, -0.2) is 0 Å². The molecule has 1 aromatic carbocycles. The van der Waals surface area contributed by atoms with E-state index in [1.165, 1.54) is 11.1 Å². The highest BCUT2D eigenvalue weighted by Crippen LogP contribution is 2.12. The molecule has 0 aromatic heterocycles. The van der Waals surface area contributed by atoms with Gasteiger partial charge in [-0.05, 0) is 43.0 Å². The first-order valence-corrected chi connectivity index (χ1v) is 6.36. The Labute approximate surface area is 108 Å². The molecular formula is C15H20N2O. The normalized spacial score (nSPS) is 19.7. The third-order valence-corrected chi connectivity index (χ3v) is 3.49. The number of carbonyl (C=O) groups excluding carboxylic acids is 1. The molecule has 1 amide bonds. The van der Waals surface area contributed by atoms with Gasteiger partial charge in [0.1, 0.15) is 0 Å². The van der Waals surface area contributed by atoms with Crippen molar-refractivity contribution in [2.45, 2.75) is 26.3 Å². The molecule has 0 aliphatic carbocycles. The Morgan fingerprint density at radius 3 is 2.78 bits per heavy atom.